The van der Waals surface area contributed by atoms with Crippen molar-refractivity contribution >= 4 is 16.9 Å². The fourth-order valence-electron chi connectivity index (χ4n) is 4.20. The number of hydrogen-bond donors (Lipinski definition) is 2. The van der Waals surface area contributed by atoms with E-state index in [2.05, 4.69) is 26.9 Å². The summed E-state index contributed by atoms with van der Waals surface area (Å²) < 4.78 is 3.82. The number of rotatable bonds is 6. The first kappa shape index (κ1) is 21.3. The van der Waals surface area contributed by atoms with Gasteiger partial charge in [-0.1, -0.05) is 18.2 Å². The summed E-state index contributed by atoms with van der Waals surface area (Å²) in [6, 6.07) is 10.2. The van der Waals surface area contributed by atoms with Crippen molar-refractivity contribution in [3.63, 3.8) is 0 Å². The zero-order valence-electron chi connectivity index (χ0n) is 17.8. The predicted molar refractivity (Wildman–Crippen MR) is 117 cm³/mol. The molecule has 1 fully saturated rings. The van der Waals surface area contributed by atoms with Gasteiger partial charge in [0.25, 0.3) is 5.56 Å². The molecule has 0 saturated carbocycles. The van der Waals surface area contributed by atoms with Crippen molar-refractivity contribution in [3.8, 4) is 0 Å². The van der Waals surface area contributed by atoms with Crippen molar-refractivity contribution in [2.45, 2.75) is 19.3 Å². The lowest BCUT2D eigenvalue weighted by Gasteiger charge is -2.37. The van der Waals surface area contributed by atoms with Gasteiger partial charge in [-0.25, -0.2) is 9.78 Å². The first-order valence-electron chi connectivity index (χ1n) is 10.4. The average Bonchev–Trinajstić information content (AvgIpc) is 3.15. The van der Waals surface area contributed by atoms with Crippen LogP contribution in [0.3, 0.4) is 0 Å². The van der Waals surface area contributed by atoms with Gasteiger partial charge in [-0.3, -0.25) is 18.8 Å². The van der Waals surface area contributed by atoms with Crippen LogP contribution in [0.2, 0.25) is 0 Å². The van der Waals surface area contributed by atoms with E-state index < -0.39 is 24.0 Å². The normalized spacial score (nSPS) is 16.2. The molecule has 1 atom stereocenters. The highest BCUT2D eigenvalue weighted by atomic mass is 16.3. The van der Waals surface area contributed by atoms with Crippen molar-refractivity contribution in [2.24, 2.45) is 14.1 Å². The Morgan fingerprint density at radius 2 is 1.68 bits per heavy atom. The van der Waals surface area contributed by atoms with E-state index in [1.165, 1.54) is 28.9 Å². The molecule has 0 bridgehead atoms. The van der Waals surface area contributed by atoms with Crippen LogP contribution in [0.25, 0.3) is 11.2 Å². The van der Waals surface area contributed by atoms with E-state index in [0.717, 1.165) is 30.7 Å². The summed E-state index contributed by atoms with van der Waals surface area (Å²) in [6.45, 7) is 3.54. The molecule has 10 nitrogen and oxygen atoms in total. The van der Waals surface area contributed by atoms with Gasteiger partial charge in [-0.2, -0.15) is 0 Å². The minimum absolute atomic E-state index is 0.110. The molecule has 1 aliphatic rings. The number of para-hydroxylation sites is 1. The van der Waals surface area contributed by atoms with Crippen LogP contribution in [0.4, 0.5) is 5.69 Å². The van der Waals surface area contributed by atoms with Gasteiger partial charge in [-0.15, -0.1) is 0 Å². The van der Waals surface area contributed by atoms with Crippen LogP contribution in [0.15, 0.2) is 39.9 Å². The summed E-state index contributed by atoms with van der Waals surface area (Å²) in [6.07, 6.45) is -0.757. The fourth-order valence-corrected chi connectivity index (χ4v) is 4.20. The number of aryl methyl sites for hydroxylation is 1. The van der Waals surface area contributed by atoms with Gasteiger partial charge in [0.15, 0.2) is 11.2 Å². The van der Waals surface area contributed by atoms with Crippen molar-refractivity contribution < 1.29 is 10.2 Å². The molecule has 1 saturated heterocycles. The number of aliphatic hydroxyl groups is 2. The standard InChI is InChI=1S/C21H28N6O4/c1-23-19-18(20(30)24(2)21(23)31)27(17(14-28)22-19)13-16(29)12-25-8-10-26(11-9-25)15-6-4-3-5-7-15/h3-7,16,28-29H,8-14H2,1-2H3/t16-/m1/s1. The van der Waals surface area contributed by atoms with Crippen molar-refractivity contribution in [3.05, 3.63) is 57.0 Å². The lowest BCUT2D eigenvalue weighted by molar-refractivity contribution is 0.0940. The number of aromatic nitrogens is 4. The van der Waals surface area contributed by atoms with E-state index in [1.807, 2.05) is 18.2 Å². The number of imidazole rings is 1. The Kier molecular flexibility index (Phi) is 5.94. The van der Waals surface area contributed by atoms with Crippen LogP contribution >= 0.6 is 0 Å². The van der Waals surface area contributed by atoms with E-state index >= 15 is 0 Å². The third kappa shape index (κ3) is 4.01. The van der Waals surface area contributed by atoms with Crippen LogP contribution in [0.1, 0.15) is 5.82 Å². The van der Waals surface area contributed by atoms with Crippen LogP contribution in [-0.4, -0.2) is 72.6 Å². The molecule has 2 aromatic heterocycles. The monoisotopic (exact) mass is 428 g/mol. The largest absolute Gasteiger partial charge is 0.390 e. The molecule has 0 amide bonds. The number of nitrogens with zero attached hydrogens (tertiary/aromatic N) is 6. The van der Waals surface area contributed by atoms with Gasteiger partial charge in [-0.05, 0) is 12.1 Å². The topological polar surface area (TPSA) is 109 Å². The van der Waals surface area contributed by atoms with Gasteiger partial charge in [0.1, 0.15) is 12.4 Å². The van der Waals surface area contributed by atoms with Crippen LogP contribution in [0, 0.1) is 0 Å². The summed E-state index contributed by atoms with van der Waals surface area (Å²) in [5.74, 6) is 0.251. The first-order valence-corrected chi connectivity index (χ1v) is 10.4. The molecular weight excluding hydrogens is 400 g/mol. The van der Waals surface area contributed by atoms with Crippen molar-refractivity contribution in [1.29, 1.82) is 0 Å². The zero-order valence-corrected chi connectivity index (χ0v) is 17.8. The Hall–Kier alpha value is -2.95. The van der Waals surface area contributed by atoms with E-state index in [4.69, 9.17) is 0 Å². The maximum atomic E-state index is 12.7. The molecule has 0 radical (unpaired) electrons. The maximum Gasteiger partial charge on any atom is 0.332 e. The highest BCUT2D eigenvalue weighted by molar-refractivity contribution is 5.71. The number of benzene rings is 1. The molecule has 166 valence electrons. The number of piperazine rings is 1. The Bertz CT molecular complexity index is 1170. The summed E-state index contributed by atoms with van der Waals surface area (Å²) in [5.41, 5.74) is 0.640. The lowest BCUT2D eigenvalue weighted by atomic mass is 10.2. The van der Waals surface area contributed by atoms with Crippen LogP contribution in [-0.2, 0) is 27.2 Å². The summed E-state index contributed by atoms with van der Waals surface area (Å²) in [7, 11) is 2.94. The second-order valence-electron chi connectivity index (χ2n) is 7.95. The quantitative estimate of drug-likeness (QED) is 0.524. The summed E-state index contributed by atoms with van der Waals surface area (Å²) in [4.78, 5) is 33.7. The number of anilines is 1. The molecule has 2 N–H and O–H groups in total. The van der Waals surface area contributed by atoms with Crippen molar-refractivity contribution in [1.82, 2.24) is 23.6 Å². The van der Waals surface area contributed by atoms with Gasteiger partial charge in [0, 0.05) is 52.5 Å². The Morgan fingerprint density at radius 1 is 1.00 bits per heavy atom. The molecular formula is C21H28N6O4. The molecule has 1 aliphatic heterocycles. The van der Waals surface area contributed by atoms with E-state index in [0.29, 0.717) is 6.54 Å². The van der Waals surface area contributed by atoms with Crippen LogP contribution < -0.4 is 16.1 Å². The second kappa shape index (κ2) is 8.66. The van der Waals surface area contributed by atoms with Crippen molar-refractivity contribution in [2.75, 3.05) is 37.6 Å². The summed E-state index contributed by atoms with van der Waals surface area (Å²) >= 11 is 0. The molecule has 3 heterocycles. The van der Waals surface area contributed by atoms with E-state index in [-0.39, 0.29) is 23.5 Å². The maximum absolute atomic E-state index is 12.7. The number of β-amino-alcohol motifs (C(OH)–C–C–N with tert-alkyl or cyclic N) is 1. The van der Waals surface area contributed by atoms with Crippen LogP contribution in [0.5, 0.6) is 0 Å². The fraction of sp³-hybridized carbons (Fsp3) is 0.476. The number of aliphatic hydroxyl groups excluding tert-OH is 2. The van der Waals surface area contributed by atoms with Gasteiger partial charge in [0.2, 0.25) is 0 Å². The first-order chi connectivity index (χ1) is 14.9. The Labute approximate surface area is 179 Å². The highest BCUT2D eigenvalue weighted by Gasteiger charge is 2.23. The molecule has 31 heavy (non-hydrogen) atoms. The number of fused-ring (bicyclic) bond motifs is 1. The summed E-state index contributed by atoms with van der Waals surface area (Å²) in [5, 5.41) is 20.5. The Balaban J connectivity index is 1.49. The number of hydrogen-bond acceptors (Lipinski definition) is 7. The molecule has 0 spiro atoms. The van der Waals surface area contributed by atoms with Gasteiger partial charge in [0.05, 0.1) is 12.6 Å². The van der Waals surface area contributed by atoms with Gasteiger partial charge < -0.3 is 19.7 Å². The molecule has 0 unspecified atom stereocenters. The van der Waals surface area contributed by atoms with E-state index in [1.54, 1.807) is 0 Å². The highest BCUT2D eigenvalue weighted by Crippen LogP contribution is 2.16. The third-order valence-corrected chi connectivity index (χ3v) is 5.92. The zero-order chi connectivity index (χ0) is 22.1. The second-order valence-corrected chi connectivity index (χ2v) is 7.95. The van der Waals surface area contributed by atoms with Gasteiger partial charge >= 0.3 is 5.69 Å². The molecule has 3 aromatic rings. The SMILES string of the molecule is Cn1c(=O)c2c(nc(CO)n2C[C@H](O)CN2CCN(c3ccccc3)CC2)n(C)c1=O. The predicted octanol–water partition coefficient (Wildman–Crippen LogP) is -0.891. The molecule has 10 heteroatoms. The third-order valence-electron chi connectivity index (χ3n) is 5.92. The molecule has 0 aliphatic carbocycles. The minimum Gasteiger partial charge on any atom is -0.390 e. The lowest BCUT2D eigenvalue weighted by Crippen LogP contribution is -2.49. The Morgan fingerprint density at radius 3 is 2.32 bits per heavy atom. The minimum atomic E-state index is -0.757. The molecule has 4 rings (SSSR count). The smallest absolute Gasteiger partial charge is 0.332 e. The van der Waals surface area contributed by atoms with E-state index in [9.17, 15) is 19.8 Å². The average molecular weight is 428 g/mol. The molecule has 1 aromatic carbocycles.